The summed E-state index contributed by atoms with van der Waals surface area (Å²) in [5, 5.41) is 2.53. The van der Waals surface area contributed by atoms with Crippen LogP contribution < -0.4 is 11.1 Å². The summed E-state index contributed by atoms with van der Waals surface area (Å²) in [6.45, 7) is 6.30. The fourth-order valence-corrected chi connectivity index (χ4v) is 2.68. The molecule has 0 spiro atoms. The van der Waals surface area contributed by atoms with Crippen LogP contribution in [0.5, 0.6) is 0 Å². The van der Waals surface area contributed by atoms with Crippen LogP contribution >= 0.6 is 0 Å². The second-order valence-corrected chi connectivity index (χ2v) is 7.59. The lowest BCUT2D eigenvalue weighted by Crippen LogP contribution is -2.46. The predicted octanol–water partition coefficient (Wildman–Crippen LogP) is 3.02. The van der Waals surface area contributed by atoms with E-state index in [2.05, 4.69) is 26.1 Å². The molecule has 3 N–H and O–H groups in total. The second kappa shape index (κ2) is 8.29. The number of nitrogens with two attached hydrogens (primary N) is 1. The minimum Gasteiger partial charge on any atom is -0.368 e. The van der Waals surface area contributed by atoms with E-state index in [4.69, 9.17) is 5.73 Å². The highest BCUT2D eigenvalue weighted by Gasteiger charge is 2.20. The number of carbonyl (C=O) groups is 2. The van der Waals surface area contributed by atoms with Crippen LogP contribution in [0.25, 0.3) is 0 Å². The molecule has 6 heteroatoms. The highest BCUT2D eigenvalue weighted by Crippen LogP contribution is 2.22. The lowest BCUT2D eigenvalue weighted by Gasteiger charge is -2.20. The number of nitrogens with one attached hydrogen (secondary N) is 1. The molecule has 2 aromatic carbocycles. The Balaban J connectivity index is 2.04. The van der Waals surface area contributed by atoms with Gasteiger partial charge < -0.3 is 11.1 Å². The Morgan fingerprint density at radius 3 is 2.22 bits per heavy atom. The van der Waals surface area contributed by atoms with Crippen LogP contribution in [0.15, 0.2) is 42.5 Å². The van der Waals surface area contributed by atoms with Gasteiger partial charge in [-0.15, -0.1) is 0 Å². The van der Waals surface area contributed by atoms with E-state index in [-0.39, 0.29) is 23.8 Å². The van der Waals surface area contributed by atoms with Crippen molar-refractivity contribution in [1.82, 2.24) is 5.32 Å². The van der Waals surface area contributed by atoms with Gasteiger partial charge in [0, 0.05) is 12.5 Å². The van der Waals surface area contributed by atoms with Gasteiger partial charge in [-0.25, -0.2) is 8.78 Å². The molecule has 0 saturated heterocycles. The average molecular weight is 374 g/mol. The van der Waals surface area contributed by atoms with Gasteiger partial charge in [0.15, 0.2) is 0 Å². The first kappa shape index (κ1) is 20.6. The standard InChI is InChI=1S/C21H24F2N2O2/c1-21(2,3)15-7-4-13(5-8-15)10-18(20(24)27)25-19(26)11-14-6-9-16(22)12-17(14)23/h4-9,12,18H,10-11H2,1-3H3,(H2,24,27)(H,25,26)/t18-/m0/s1. The summed E-state index contributed by atoms with van der Waals surface area (Å²) in [7, 11) is 0. The van der Waals surface area contributed by atoms with Crippen molar-refractivity contribution in [1.29, 1.82) is 0 Å². The van der Waals surface area contributed by atoms with Gasteiger partial charge in [0.25, 0.3) is 0 Å². The van der Waals surface area contributed by atoms with Crippen molar-refractivity contribution in [3.8, 4) is 0 Å². The average Bonchev–Trinajstić information content (AvgIpc) is 2.56. The molecule has 0 aliphatic heterocycles. The van der Waals surface area contributed by atoms with Crippen molar-refractivity contribution >= 4 is 11.8 Å². The molecule has 0 heterocycles. The van der Waals surface area contributed by atoms with E-state index in [9.17, 15) is 18.4 Å². The van der Waals surface area contributed by atoms with E-state index in [1.807, 2.05) is 24.3 Å². The maximum absolute atomic E-state index is 13.7. The zero-order valence-electron chi connectivity index (χ0n) is 15.7. The Bertz CT molecular complexity index is 827. The topological polar surface area (TPSA) is 72.2 Å². The van der Waals surface area contributed by atoms with E-state index < -0.39 is 29.5 Å². The molecule has 2 aromatic rings. The summed E-state index contributed by atoms with van der Waals surface area (Å²) < 4.78 is 26.6. The monoisotopic (exact) mass is 374 g/mol. The highest BCUT2D eigenvalue weighted by molar-refractivity contribution is 5.87. The number of rotatable bonds is 6. The molecule has 4 nitrogen and oxygen atoms in total. The zero-order chi connectivity index (χ0) is 20.2. The molecule has 27 heavy (non-hydrogen) atoms. The number of hydrogen-bond acceptors (Lipinski definition) is 2. The van der Waals surface area contributed by atoms with Crippen molar-refractivity contribution in [3.63, 3.8) is 0 Å². The lowest BCUT2D eigenvalue weighted by atomic mass is 9.86. The minimum atomic E-state index is -0.915. The summed E-state index contributed by atoms with van der Waals surface area (Å²) in [6.07, 6.45) is -0.0732. The van der Waals surface area contributed by atoms with Gasteiger partial charge >= 0.3 is 0 Å². The molecule has 1 atom stereocenters. The number of hydrogen-bond donors (Lipinski definition) is 2. The largest absolute Gasteiger partial charge is 0.368 e. The van der Waals surface area contributed by atoms with E-state index in [1.54, 1.807) is 0 Å². The number of carbonyl (C=O) groups excluding carboxylic acids is 2. The zero-order valence-corrected chi connectivity index (χ0v) is 15.7. The Morgan fingerprint density at radius 1 is 1.07 bits per heavy atom. The lowest BCUT2D eigenvalue weighted by molar-refractivity contribution is -0.127. The third-order valence-corrected chi connectivity index (χ3v) is 4.30. The van der Waals surface area contributed by atoms with E-state index in [0.717, 1.165) is 17.2 Å². The van der Waals surface area contributed by atoms with Gasteiger partial charge in [-0.3, -0.25) is 9.59 Å². The molecular weight excluding hydrogens is 350 g/mol. The molecule has 0 aromatic heterocycles. The SMILES string of the molecule is CC(C)(C)c1ccc(C[C@H](NC(=O)Cc2ccc(F)cc2F)C(N)=O)cc1. The molecule has 0 aliphatic rings. The first-order valence-electron chi connectivity index (χ1n) is 8.68. The Labute approximate surface area is 157 Å². The third-order valence-electron chi connectivity index (χ3n) is 4.30. The number of amides is 2. The second-order valence-electron chi connectivity index (χ2n) is 7.59. The van der Waals surface area contributed by atoms with Crippen molar-refractivity contribution in [2.24, 2.45) is 5.73 Å². The van der Waals surface area contributed by atoms with Crippen LogP contribution in [0.4, 0.5) is 8.78 Å². The molecule has 2 amide bonds. The Hall–Kier alpha value is -2.76. The quantitative estimate of drug-likeness (QED) is 0.816. The summed E-state index contributed by atoms with van der Waals surface area (Å²) in [5.41, 5.74) is 7.45. The minimum absolute atomic E-state index is 0.00899. The van der Waals surface area contributed by atoms with Crippen LogP contribution in [0.3, 0.4) is 0 Å². The maximum Gasteiger partial charge on any atom is 0.240 e. The van der Waals surface area contributed by atoms with Crippen molar-refractivity contribution in [3.05, 3.63) is 70.8 Å². The van der Waals surface area contributed by atoms with Crippen LogP contribution in [0, 0.1) is 11.6 Å². The fraction of sp³-hybridized carbons (Fsp3) is 0.333. The van der Waals surface area contributed by atoms with Gasteiger partial charge in [-0.1, -0.05) is 51.1 Å². The van der Waals surface area contributed by atoms with Gasteiger partial charge in [-0.05, 0) is 28.2 Å². The van der Waals surface area contributed by atoms with Crippen molar-refractivity contribution in [2.45, 2.75) is 45.1 Å². The number of primary amides is 1. The van der Waals surface area contributed by atoms with E-state index >= 15 is 0 Å². The van der Waals surface area contributed by atoms with Crippen molar-refractivity contribution in [2.75, 3.05) is 0 Å². The fourth-order valence-electron chi connectivity index (χ4n) is 2.68. The molecule has 0 fully saturated rings. The van der Waals surface area contributed by atoms with Gasteiger partial charge in [0.1, 0.15) is 17.7 Å². The molecule has 0 aliphatic carbocycles. The van der Waals surface area contributed by atoms with Crippen LogP contribution in [-0.4, -0.2) is 17.9 Å². The van der Waals surface area contributed by atoms with Crippen LogP contribution in [-0.2, 0) is 27.8 Å². The maximum atomic E-state index is 13.7. The summed E-state index contributed by atoms with van der Waals surface area (Å²) in [6, 6.07) is 9.81. The molecule has 0 radical (unpaired) electrons. The molecule has 144 valence electrons. The molecule has 0 unspecified atom stereocenters. The van der Waals surface area contributed by atoms with E-state index in [0.29, 0.717) is 6.07 Å². The summed E-state index contributed by atoms with van der Waals surface area (Å²) in [5.74, 6) is -2.76. The normalized spacial score (nSPS) is 12.5. The molecule has 2 rings (SSSR count). The van der Waals surface area contributed by atoms with Crippen LogP contribution in [0.1, 0.15) is 37.5 Å². The van der Waals surface area contributed by atoms with Gasteiger partial charge in [0.2, 0.25) is 11.8 Å². The Morgan fingerprint density at radius 2 is 1.70 bits per heavy atom. The van der Waals surface area contributed by atoms with Crippen molar-refractivity contribution < 1.29 is 18.4 Å². The summed E-state index contributed by atoms with van der Waals surface area (Å²) in [4.78, 5) is 23.9. The van der Waals surface area contributed by atoms with Gasteiger partial charge in [0.05, 0.1) is 6.42 Å². The molecule has 0 bridgehead atoms. The number of halogens is 2. The first-order valence-corrected chi connectivity index (χ1v) is 8.68. The number of benzene rings is 2. The van der Waals surface area contributed by atoms with Gasteiger partial charge in [-0.2, -0.15) is 0 Å². The highest BCUT2D eigenvalue weighted by atomic mass is 19.1. The van der Waals surface area contributed by atoms with Crippen LogP contribution in [0.2, 0.25) is 0 Å². The van der Waals surface area contributed by atoms with E-state index in [1.165, 1.54) is 6.07 Å². The third kappa shape index (κ3) is 5.88. The first-order chi connectivity index (χ1) is 12.6. The molecular formula is C21H24F2N2O2. The summed E-state index contributed by atoms with van der Waals surface area (Å²) >= 11 is 0. The Kier molecular flexibility index (Phi) is 6.31. The molecule has 0 saturated carbocycles. The predicted molar refractivity (Wildman–Crippen MR) is 100 cm³/mol. The smallest absolute Gasteiger partial charge is 0.240 e.